The second kappa shape index (κ2) is 8.29. The van der Waals surface area contributed by atoms with Crippen molar-refractivity contribution < 1.29 is 0 Å². The van der Waals surface area contributed by atoms with Crippen LogP contribution in [0.4, 0.5) is 5.69 Å². The number of anilines is 1. The van der Waals surface area contributed by atoms with Crippen LogP contribution in [0.25, 0.3) is 0 Å². The van der Waals surface area contributed by atoms with Gasteiger partial charge in [0.25, 0.3) is 0 Å². The molecule has 2 N–H and O–H groups in total. The lowest BCUT2D eigenvalue weighted by molar-refractivity contribution is 0.721. The number of hydrogen-bond acceptors (Lipinski definition) is 1. The average Bonchev–Trinajstić information content (AvgIpc) is 2.55. The van der Waals surface area contributed by atoms with E-state index in [1.54, 1.807) is 0 Å². The zero-order valence-electron chi connectivity index (χ0n) is 15.3. The minimum absolute atomic E-state index is 0.168. The van der Waals surface area contributed by atoms with Gasteiger partial charge in [0.05, 0.1) is 6.04 Å². The highest BCUT2D eigenvalue weighted by molar-refractivity contribution is 7.80. The van der Waals surface area contributed by atoms with Crippen molar-refractivity contribution in [2.75, 3.05) is 5.32 Å². The normalized spacial score (nSPS) is 12.3. The Morgan fingerprint density at radius 2 is 1.12 bits per heavy atom. The molecular formula is C21H28N2S. The average molecular weight is 341 g/mol. The van der Waals surface area contributed by atoms with Gasteiger partial charge in [-0.2, -0.15) is 0 Å². The molecule has 2 aromatic rings. The highest BCUT2D eigenvalue weighted by atomic mass is 32.1. The van der Waals surface area contributed by atoms with Crippen molar-refractivity contribution in [1.29, 1.82) is 0 Å². The maximum Gasteiger partial charge on any atom is 0.171 e. The molecule has 2 aromatic carbocycles. The Labute approximate surface area is 151 Å². The molecule has 0 radical (unpaired) electrons. The number of thiocarbonyl (C=S) groups is 1. The molecule has 1 atom stereocenters. The molecule has 0 saturated carbocycles. The number of hydrogen-bond donors (Lipinski definition) is 2. The topological polar surface area (TPSA) is 24.1 Å². The number of rotatable bonds is 5. The van der Waals surface area contributed by atoms with Crippen molar-refractivity contribution in [2.24, 2.45) is 0 Å². The van der Waals surface area contributed by atoms with Crippen LogP contribution in [0.3, 0.4) is 0 Å². The summed E-state index contributed by atoms with van der Waals surface area (Å²) in [7, 11) is 0. The van der Waals surface area contributed by atoms with Crippen molar-refractivity contribution in [3.63, 3.8) is 0 Å². The summed E-state index contributed by atoms with van der Waals surface area (Å²) in [5.74, 6) is 1.09. The molecule has 3 heteroatoms. The van der Waals surface area contributed by atoms with Gasteiger partial charge in [-0.05, 0) is 59.8 Å². The third kappa shape index (κ3) is 5.07. The molecule has 24 heavy (non-hydrogen) atoms. The van der Waals surface area contributed by atoms with E-state index in [1.165, 1.54) is 16.7 Å². The van der Waals surface area contributed by atoms with Crippen LogP contribution in [0.5, 0.6) is 0 Å². The molecule has 0 aliphatic heterocycles. The Kier molecular flexibility index (Phi) is 6.38. The summed E-state index contributed by atoms with van der Waals surface area (Å²) in [5.41, 5.74) is 4.94. The predicted octanol–water partition coefficient (Wildman–Crippen LogP) is 5.98. The first-order valence-electron chi connectivity index (χ1n) is 8.64. The minimum atomic E-state index is 0.168. The predicted molar refractivity (Wildman–Crippen MR) is 109 cm³/mol. The lowest BCUT2D eigenvalue weighted by atomic mass is 10.00. The van der Waals surface area contributed by atoms with E-state index < -0.39 is 0 Å². The van der Waals surface area contributed by atoms with Gasteiger partial charge in [-0.25, -0.2) is 0 Å². The van der Waals surface area contributed by atoms with Crippen molar-refractivity contribution >= 4 is 23.0 Å². The largest absolute Gasteiger partial charge is 0.356 e. The quantitative estimate of drug-likeness (QED) is 0.655. The summed E-state index contributed by atoms with van der Waals surface area (Å²) in [4.78, 5) is 0. The first-order chi connectivity index (χ1) is 11.4. The van der Waals surface area contributed by atoms with Gasteiger partial charge in [-0.15, -0.1) is 0 Å². The van der Waals surface area contributed by atoms with Crippen LogP contribution >= 0.6 is 12.2 Å². The second-order valence-electron chi connectivity index (χ2n) is 6.92. The SMILES string of the molecule is CC(C)c1ccc(NC(=S)NC(C)c2ccc(C(C)C)cc2)cc1. The molecule has 2 rings (SSSR count). The van der Waals surface area contributed by atoms with Gasteiger partial charge in [-0.3, -0.25) is 0 Å². The third-order valence-electron chi connectivity index (χ3n) is 4.29. The fraction of sp³-hybridized carbons (Fsp3) is 0.381. The van der Waals surface area contributed by atoms with Gasteiger partial charge >= 0.3 is 0 Å². The van der Waals surface area contributed by atoms with Crippen molar-refractivity contribution in [3.05, 3.63) is 65.2 Å². The van der Waals surface area contributed by atoms with Crippen LogP contribution in [-0.4, -0.2) is 5.11 Å². The lowest BCUT2D eigenvalue weighted by Gasteiger charge is -2.18. The molecule has 2 nitrogen and oxygen atoms in total. The lowest BCUT2D eigenvalue weighted by Crippen LogP contribution is -2.30. The fourth-order valence-corrected chi connectivity index (χ4v) is 2.86. The summed E-state index contributed by atoms with van der Waals surface area (Å²) >= 11 is 5.44. The molecular weight excluding hydrogens is 312 g/mol. The van der Waals surface area contributed by atoms with E-state index in [2.05, 4.69) is 93.8 Å². The summed E-state index contributed by atoms with van der Waals surface area (Å²) in [6, 6.07) is 17.3. The monoisotopic (exact) mass is 340 g/mol. The molecule has 1 unspecified atom stereocenters. The molecule has 0 aromatic heterocycles. The molecule has 0 saturated heterocycles. The maximum atomic E-state index is 5.44. The van der Waals surface area contributed by atoms with Gasteiger partial charge in [0.1, 0.15) is 0 Å². The molecule has 0 heterocycles. The minimum Gasteiger partial charge on any atom is -0.356 e. The summed E-state index contributed by atoms with van der Waals surface area (Å²) < 4.78 is 0. The van der Waals surface area contributed by atoms with Gasteiger partial charge in [0, 0.05) is 5.69 Å². The summed E-state index contributed by atoms with van der Waals surface area (Å²) in [6.07, 6.45) is 0. The molecule has 0 fully saturated rings. The number of nitrogens with one attached hydrogen (secondary N) is 2. The van der Waals surface area contributed by atoms with Crippen LogP contribution in [0.1, 0.15) is 69.2 Å². The summed E-state index contributed by atoms with van der Waals surface area (Å²) in [6.45, 7) is 10.9. The molecule has 0 spiro atoms. The first-order valence-corrected chi connectivity index (χ1v) is 9.05. The first kappa shape index (κ1) is 18.5. The van der Waals surface area contributed by atoms with Gasteiger partial charge in [0.2, 0.25) is 0 Å². The standard InChI is InChI=1S/C21H28N2S/c1-14(2)17-6-8-19(9-7-17)16(5)22-21(24)23-20-12-10-18(11-13-20)15(3)4/h6-16H,1-5H3,(H2,22,23,24). The Bertz CT molecular complexity index is 657. The molecule has 128 valence electrons. The third-order valence-corrected chi connectivity index (χ3v) is 4.51. The van der Waals surface area contributed by atoms with Crippen LogP contribution in [0, 0.1) is 0 Å². The van der Waals surface area contributed by atoms with Gasteiger partial charge in [-0.1, -0.05) is 64.1 Å². The Balaban J connectivity index is 1.93. The van der Waals surface area contributed by atoms with Crippen LogP contribution < -0.4 is 10.6 Å². The van der Waals surface area contributed by atoms with E-state index in [0.29, 0.717) is 16.9 Å². The van der Waals surface area contributed by atoms with E-state index in [4.69, 9.17) is 12.2 Å². The molecule has 0 bridgehead atoms. The Hall–Kier alpha value is -1.87. The second-order valence-corrected chi connectivity index (χ2v) is 7.33. The van der Waals surface area contributed by atoms with Crippen LogP contribution in [-0.2, 0) is 0 Å². The van der Waals surface area contributed by atoms with E-state index in [-0.39, 0.29) is 6.04 Å². The van der Waals surface area contributed by atoms with Crippen LogP contribution in [0.2, 0.25) is 0 Å². The van der Waals surface area contributed by atoms with Crippen molar-refractivity contribution in [2.45, 2.75) is 52.5 Å². The van der Waals surface area contributed by atoms with E-state index in [1.807, 2.05) is 0 Å². The van der Waals surface area contributed by atoms with Gasteiger partial charge in [0.15, 0.2) is 5.11 Å². The van der Waals surface area contributed by atoms with E-state index in [0.717, 1.165) is 5.69 Å². The maximum absolute atomic E-state index is 5.44. The highest BCUT2D eigenvalue weighted by Gasteiger charge is 2.08. The zero-order valence-corrected chi connectivity index (χ0v) is 16.1. The van der Waals surface area contributed by atoms with E-state index >= 15 is 0 Å². The Morgan fingerprint density at radius 1 is 0.708 bits per heavy atom. The number of benzene rings is 2. The molecule has 0 aliphatic rings. The van der Waals surface area contributed by atoms with E-state index in [9.17, 15) is 0 Å². The highest BCUT2D eigenvalue weighted by Crippen LogP contribution is 2.19. The van der Waals surface area contributed by atoms with Gasteiger partial charge < -0.3 is 10.6 Å². The fourth-order valence-electron chi connectivity index (χ4n) is 2.57. The van der Waals surface area contributed by atoms with Crippen molar-refractivity contribution in [3.8, 4) is 0 Å². The molecule has 0 aliphatic carbocycles. The summed E-state index contributed by atoms with van der Waals surface area (Å²) in [5, 5.41) is 7.26. The Morgan fingerprint density at radius 3 is 1.58 bits per heavy atom. The smallest absolute Gasteiger partial charge is 0.171 e. The molecule has 0 amide bonds. The van der Waals surface area contributed by atoms with Crippen molar-refractivity contribution in [1.82, 2.24) is 5.32 Å². The zero-order chi connectivity index (χ0) is 17.7. The van der Waals surface area contributed by atoms with Crippen LogP contribution in [0.15, 0.2) is 48.5 Å².